The summed E-state index contributed by atoms with van der Waals surface area (Å²) in [5.74, 6) is 1.76. The number of allylic oxidation sites excluding steroid dienone is 1. The standard InChI is InChI=1S/C22H31N3O3/c1-6-25-21(26)24-14-16-12-17(27-4)13-18(28-5)20(16)15(2)11-19(24)22(25)7-9-23(3)10-8-22/h11-13,15H,6-10,14H2,1-5H3. The average molecular weight is 386 g/mol. The first-order chi connectivity index (χ1) is 13.4. The van der Waals surface area contributed by atoms with Crippen LogP contribution in [0.2, 0.25) is 0 Å². The Hall–Kier alpha value is -2.21. The van der Waals surface area contributed by atoms with E-state index in [0.29, 0.717) is 6.54 Å². The molecule has 1 unspecified atom stereocenters. The Morgan fingerprint density at radius 1 is 1.18 bits per heavy atom. The van der Waals surface area contributed by atoms with E-state index in [9.17, 15) is 4.79 Å². The van der Waals surface area contributed by atoms with Crippen molar-refractivity contribution in [3.05, 3.63) is 35.0 Å². The SMILES string of the molecule is CCN1C(=O)N2Cc3cc(OC)cc(OC)c3C(C)C=C2C12CCN(C)CC2. The summed E-state index contributed by atoms with van der Waals surface area (Å²) in [4.78, 5) is 19.9. The monoisotopic (exact) mass is 385 g/mol. The predicted octanol–water partition coefficient (Wildman–Crippen LogP) is 3.43. The molecule has 1 atom stereocenters. The Kier molecular flexibility index (Phi) is 4.78. The molecule has 2 amide bonds. The number of nitrogens with zero attached hydrogens (tertiary/aromatic N) is 3. The Bertz CT molecular complexity index is 811. The van der Waals surface area contributed by atoms with Crippen molar-refractivity contribution in [2.24, 2.45) is 0 Å². The molecule has 1 aromatic rings. The number of rotatable bonds is 3. The van der Waals surface area contributed by atoms with Crippen LogP contribution < -0.4 is 9.47 Å². The van der Waals surface area contributed by atoms with E-state index in [2.05, 4.69) is 36.8 Å². The lowest BCUT2D eigenvalue weighted by Gasteiger charge is -2.43. The van der Waals surface area contributed by atoms with Gasteiger partial charge in [0.25, 0.3) is 0 Å². The molecular weight excluding hydrogens is 354 g/mol. The molecule has 3 aliphatic heterocycles. The molecule has 28 heavy (non-hydrogen) atoms. The van der Waals surface area contributed by atoms with E-state index < -0.39 is 0 Å². The molecule has 6 nitrogen and oxygen atoms in total. The minimum absolute atomic E-state index is 0.125. The summed E-state index contributed by atoms with van der Waals surface area (Å²) >= 11 is 0. The van der Waals surface area contributed by atoms with E-state index in [1.54, 1.807) is 14.2 Å². The largest absolute Gasteiger partial charge is 0.497 e. The molecule has 3 heterocycles. The number of likely N-dealkylation sites (tertiary alicyclic amines) is 1. The van der Waals surface area contributed by atoms with E-state index in [4.69, 9.17) is 9.47 Å². The van der Waals surface area contributed by atoms with Crippen LogP contribution in [0.4, 0.5) is 4.79 Å². The van der Waals surface area contributed by atoms with Crippen LogP contribution in [0.3, 0.4) is 0 Å². The van der Waals surface area contributed by atoms with Crippen LogP contribution in [0, 0.1) is 0 Å². The lowest BCUT2D eigenvalue weighted by molar-refractivity contribution is 0.104. The van der Waals surface area contributed by atoms with Crippen molar-refractivity contribution in [1.29, 1.82) is 0 Å². The number of fused-ring (bicyclic) bond motifs is 3. The third kappa shape index (κ3) is 2.69. The van der Waals surface area contributed by atoms with Gasteiger partial charge in [-0.1, -0.05) is 13.0 Å². The van der Waals surface area contributed by atoms with Crippen molar-refractivity contribution in [3.63, 3.8) is 0 Å². The maximum atomic E-state index is 13.4. The minimum Gasteiger partial charge on any atom is -0.497 e. The van der Waals surface area contributed by atoms with Gasteiger partial charge in [0.15, 0.2) is 0 Å². The molecule has 4 rings (SSSR count). The van der Waals surface area contributed by atoms with Crippen molar-refractivity contribution in [2.75, 3.05) is 40.9 Å². The number of urea groups is 1. The summed E-state index contributed by atoms with van der Waals surface area (Å²) in [7, 11) is 5.52. The number of ether oxygens (including phenoxy) is 2. The van der Waals surface area contributed by atoms with Crippen molar-refractivity contribution in [2.45, 2.75) is 44.7 Å². The van der Waals surface area contributed by atoms with E-state index >= 15 is 0 Å². The fourth-order valence-corrected chi connectivity index (χ4v) is 5.25. The Balaban J connectivity index is 1.84. The van der Waals surface area contributed by atoms with Gasteiger partial charge in [-0.2, -0.15) is 0 Å². The molecular formula is C22H31N3O3. The summed E-state index contributed by atoms with van der Waals surface area (Å²) in [5.41, 5.74) is 3.25. The number of carbonyl (C=O) groups is 1. The van der Waals surface area contributed by atoms with Crippen LogP contribution in [-0.4, -0.2) is 67.2 Å². The van der Waals surface area contributed by atoms with Crippen LogP contribution in [0.25, 0.3) is 0 Å². The highest BCUT2D eigenvalue weighted by Gasteiger charge is 2.54. The van der Waals surface area contributed by atoms with E-state index in [-0.39, 0.29) is 17.5 Å². The van der Waals surface area contributed by atoms with Gasteiger partial charge in [-0.15, -0.1) is 0 Å². The molecule has 2 saturated heterocycles. The first-order valence-corrected chi connectivity index (χ1v) is 10.2. The van der Waals surface area contributed by atoms with Crippen molar-refractivity contribution in [3.8, 4) is 11.5 Å². The average Bonchev–Trinajstić information content (AvgIpc) is 2.81. The number of likely N-dealkylation sites (N-methyl/N-ethyl adjacent to an activating group) is 1. The highest BCUT2D eigenvalue weighted by atomic mass is 16.5. The molecule has 6 heteroatoms. The van der Waals surface area contributed by atoms with Gasteiger partial charge in [-0.3, -0.25) is 4.90 Å². The van der Waals surface area contributed by atoms with Crippen LogP contribution in [0.1, 0.15) is 43.7 Å². The summed E-state index contributed by atoms with van der Waals surface area (Å²) in [5, 5.41) is 0. The van der Waals surface area contributed by atoms with Crippen LogP contribution in [0.15, 0.2) is 23.9 Å². The van der Waals surface area contributed by atoms with Crippen LogP contribution in [0.5, 0.6) is 11.5 Å². The van der Waals surface area contributed by atoms with Gasteiger partial charge in [0.1, 0.15) is 11.5 Å². The Morgan fingerprint density at radius 3 is 2.50 bits per heavy atom. The molecule has 152 valence electrons. The lowest BCUT2D eigenvalue weighted by Crippen LogP contribution is -2.53. The van der Waals surface area contributed by atoms with Gasteiger partial charge in [0.05, 0.1) is 26.3 Å². The maximum absolute atomic E-state index is 13.4. The molecule has 3 aliphatic rings. The molecule has 0 N–H and O–H groups in total. The zero-order chi connectivity index (χ0) is 20.1. The summed E-state index contributed by atoms with van der Waals surface area (Å²) < 4.78 is 11.2. The van der Waals surface area contributed by atoms with Crippen LogP contribution >= 0.6 is 0 Å². The van der Waals surface area contributed by atoms with Crippen molar-refractivity contribution in [1.82, 2.24) is 14.7 Å². The minimum atomic E-state index is -0.189. The molecule has 0 aromatic heterocycles. The molecule has 1 spiro atoms. The lowest BCUT2D eigenvalue weighted by atomic mass is 9.82. The maximum Gasteiger partial charge on any atom is 0.325 e. The summed E-state index contributed by atoms with van der Waals surface area (Å²) in [6.45, 7) is 7.60. The number of carbonyl (C=O) groups excluding carboxylic acids is 1. The number of amides is 2. The molecule has 0 aliphatic carbocycles. The van der Waals surface area contributed by atoms with Gasteiger partial charge in [-0.05, 0) is 38.4 Å². The smallest absolute Gasteiger partial charge is 0.325 e. The fourth-order valence-electron chi connectivity index (χ4n) is 5.25. The zero-order valence-corrected chi connectivity index (χ0v) is 17.6. The summed E-state index contributed by atoms with van der Waals surface area (Å²) in [6, 6.07) is 4.12. The predicted molar refractivity (Wildman–Crippen MR) is 109 cm³/mol. The zero-order valence-electron chi connectivity index (χ0n) is 17.6. The topological polar surface area (TPSA) is 45.3 Å². The Morgan fingerprint density at radius 2 is 1.89 bits per heavy atom. The van der Waals surface area contributed by atoms with Crippen molar-refractivity contribution >= 4 is 6.03 Å². The number of methoxy groups -OCH3 is 2. The fraction of sp³-hybridized carbons (Fsp3) is 0.591. The number of benzene rings is 1. The summed E-state index contributed by atoms with van der Waals surface area (Å²) in [6.07, 6.45) is 4.27. The van der Waals surface area contributed by atoms with E-state index in [0.717, 1.165) is 55.1 Å². The third-order valence-electron chi connectivity index (χ3n) is 6.73. The second-order valence-electron chi connectivity index (χ2n) is 8.19. The first kappa shape index (κ1) is 19.1. The molecule has 0 bridgehead atoms. The van der Waals surface area contributed by atoms with Crippen LogP contribution in [-0.2, 0) is 6.54 Å². The first-order valence-electron chi connectivity index (χ1n) is 10.2. The van der Waals surface area contributed by atoms with E-state index in [1.807, 2.05) is 17.0 Å². The normalized spacial score (nSPS) is 24.0. The molecule has 0 radical (unpaired) electrons. The molecule has 0 saturated carbocycles. The number of piperidine rings is 1. The second-order valence-corrected chi connectivity index (χ2v) is 8.19. The van der Waals surface area contributed by atoms with Gasteiger partial charge in [0.2, 0.25) is 0 Å². The second kappa shape index (κ2) is 6.99. The quantitative estimate of drug-likeness (QED) is 0.800. The molecule has 2 fully saturated rings. The highest BCUT2D eigenvalue weighted by Crippen LogP contribution is 2.48. The molecule has 1 aromatic carbocycles. The highest BCUT2D eigenvalue weighted by molar-refractivity contribution is 5.83. The van der Waals surface area contributed by atoms with Gasteiger partial charge >= 0.3 is 6.03 Å². The van der Waals surface area contributed by atoms with Gasteiger partial charge < -0.3 is 19.3 Å². The van der Waals surface area contributed by atoms with Gasteiger partial charge in [-0.25, -0.2) is 4.79 Å². The number of hydrogen-bond donors (Lipinski definition) is 0. The third-order valence-corrected chi connectivity index (χ3v) is 6.73. The van der Waals surface area contributed by atoms with Crippen molar-refractivity contribution < 1.29 is 14.3 Å². The number of hydrogen-bond acceptors (Lipinski definition) is 4. The van der Waals surface area contributed by atoms with Gasteiger partial charge in [0, 0.05) is 42.9 Å². The Labute approximate surface area is 167 Å². The van der Waals surface area contributed by atoms with E-state index in [1.165, 1.54) is 5.70 Å².